The van der Waals surface area contributed by atoms with E-state index in [1.807, 2.05) is 11.8 Å². The van der Waals surface area contributed by atoms with Gasteiger partial charge >= 0.3 is 0 Å². The molecule has 0 aliphatic carbocycles. The van der Waals surface area contributed by atoms with Crippen LogP contribution in [0.4, 0.5) is 0 Å². The van der Waals surface area contributed by atoms with E-state index in [9.17, 15) is 0 Å². The maximum atomic E-state index is 3.58. The molecular weight excluding hydrogens is 240 g/mol. The molecule has 2 nitrogen and oxygen atoms in total. The molecule has 2 aromatic carbocycles. The van der Waals surface area contributed by atoms with Gasteiger partial charge in [0, 0.05) is 18.5 Å². The van der Waals surface area contributed by atoms with Gasteiger partial charge in [0.25, 0.3) is 0 Å². The van der Waals surface area contributed by atoms with Crippen molar-refractivity contribution in [3.05, 3.63) is 54.2 Å². The second kappa shape index (κ2) is 3.95. The largest absolute Gasteiger partial charge is 0.355 e. The minimum atomic E-state index is 0.450. The van der Waals surface area contributed by atoms with Gasteiger partial charge in [0.05, 0.1) is 5.70 Å². The topological polar surface area (TPSA) is 15.3 Å². The van der Waals surface area contributed by atoms with Crippen LogP contribution >= 0.6 is 11.8 Å². The minimum Gasteiger partial charge on any atom is -0.355 e. The van der Waals surface area contributed by atoms with E-state index in [2.05, 4.69) is 58.9 Å². The van der Waals surface area contributed by atoms with Crippen molar-refractivity contribution >= 4 is 28.2 Å². The van der Waals surface area contributed by atoms with Crippen LogP contribution in [-0.2, 0) is 0 Å². The van der Waals surface area contributed by atoms with Gasteiger partial charge in [0.1, 0.15) is 5.50 Å². The van der Waals surface area contributed by atoms with E-state index in [0.717, 1.165) is 6.54 Å². The third-order valence-corrected chi connectivity index (χ3v) is 4.68. The Morgan fingerprint density at radius 1 is 1.11 bits per heavy atom. The standard InChI is InChI=1S/C15H14N2S/c1-2-4-12-9-13(6-5-11(12)3-1)14-10-17-7-8-18-15(17)16-14/h1-6,9-10,15-16H,7-8H2. The third kappa shape index (κ3) is 1.58. The number of benzene rings is 2. The van der Waals surface area contributed by atoms with E-state index >= 15 is 0 Å². The SMILES string of the molecule is C1=C(c2ccc3ccccc3c2)NC2SCCN12. The van der Waals surface area contributed by atoms with E-state index in [1.165, 1.54) is 27.8 Å². The average molecular weight is 254 g/mol. The first-order valence-corrected chi connectivity index (χ1v) is 7.30. The molecule has 2 heterocycles. The summed E-state index contributed by atoms with van der Waals surface area (Å²) in [5, 5.41) is 6.19. The molecule has 90 valence electrons. The molecule has 0 spiro atoms. The van der Waals surface area contributed by atoms with Crippen molar-refractivity contribution in [2.75, 3.05) is 12.3 Å². The fraction of sp³-hybridized carbons (Fsp3) is 0.200. The first-order valence-electron chi connectivity index (χ1n) is 6.25. The van der Waals surface area contributed by atoms with E-state index < -0.39 is 0 Å². The molecule has 0 aromatic heterocycles. The molecule has 1 fully saturated rings. The van der Waals surface area contributed by atoms with Gasteiger partial charge in [-0.2, -0.15) is 0 Å². The zero-order valence-electron chi connectivity index (χ0n) is 9.97. The van der Waals surface area contributed by atoms with Gasteiger partial charge in [-0.3, -0.25) is 0 Å². The lowest BCUT2D eigenvalue weighted by Gasteiger charge is -2.14. The molecule has 0 bridgehead atoms. The molecule has 1 saturated heterocycles. The number of hydrogen-bond donors (Lipinski definition) is 1. The molecule has 0 radical (unpaired) electrons. The summed E-state index contributed by atoms with van der Waals surface area (Å²) in [5.74, 6) is 1.22. The Kier molecular flexibility index (Phi) is 2.27. The van der Waals surface area contributed by atoms with Crippen LogP contribution in [0.1, 0.15) is 5.56 Å². The van der Waals surface area contributed by atoms with Crippen molar-refractivity contribution in [3.63, 3.8) is 0 Å². The van der Waals surface area contributed by atoms with Gasteiger partial charge in [0.15, 0.2) is 0 Å². The highest BCUT2D eigenvalue weighted by Crippen LogP contribution is 2.31. The van der Waals surface area contributed by atoms with Gasteiger partial charge in [-0.25, -0.2) is 0 Å². The first-order chi connectivity index (χ1) is 8.90. The van der Waals surface area contributed by atoms with Crippen molar-refractivity contribution in [1.82, 2.24) is 10.2 Å². The number of fused-ring (bicyclic) bond motifs is 2. The number of nitrogens with zero attached hydrogens (tertiary/aromatic N) is 1. The Labute approximate surface area is 111 Å². The van der Waals surface area contributed by atoms with Gasteiger partial charge in [0.2, 0.25) is 0 Å². The highest BCUT2D eigenvalue weighted by Gasteiger charge is 2.28. The monoisotopic (exact) mass is 254 g/mol. The summed E-state index contributed by atoms with van der Waals surface area (Å²) < 4.78 is 0. The summed E-state index contributed by atoms with van der Waals surface area (Å²) in [7, 11) is 0. The highest BCUT2D eigenvalue weighted by molar-refractivity contribution is 8.00. The quantitative estimate of drug-likeness (QED) is 0.842. The second-order valence-corrected chi connectivity index (χ2v) is 5.90. The van der Waals surface area contributed by atoms with Gasteiger partial charge in [-0.1, -0.05) is 36.4 Å². The van der Waals surface area contributed by atoms with Crippen molar-refractivity contribution in [2.24, 2.45) is 0 Å². The Bertz CT molecular complexity index is 635. The second-order valence-electron chi connectivity index (χ2n) is 4.71. The van der Waals surface area contributed by atoms with Crippen molar-refractivity contribution in [3.8, 4) is 0 Å². The molecule has 2 aromatic rings. The number of thioether (sulfide) groups is 1. The average Bonchev–Trinajstić information content (AvgIpc) is 2.99. The van der Waals surface area contributed by atoms with E-state index in [0.29, 0.717) is 5.50 Å². The van der Waals surface area contributed by atoms with E-state index in [-0.39, 0.29) is 0 Å². The number of nitrogens with one attached hydrogen (secondary N) is 1. The van der Waals surface area contributed by atoms with E-state index in [1.54, 1.807) is 0 Å². The molecule has 1 atom stereocenters. The lowest BCUT2D eigenvalue weighted by Crippen LogP contribution is -2.27. The van der Waals surface area contributed by atoms with Crippen molar-refractivity contribution in [2.45, 2.75) is 5.50 Å². The summed E-state index contributed by atoms with van der Waals surface area (Å²) in [6, 6.07) is 15.2. The molecular formula is C15H14N2S. The smallest absolute Gasteiger partial charge is 0.148 e. The molecule has 4 rings (SSSR count). The third-order valence-electron chi connectivity index (χ3n) is 3.56. The summed E-state index contributed by atoms with van der Waals surface area (Å²) >= 11 is 1.98. The van der Waals surface area contributed by atoms with Crippen LogP contribution in [0.15, 0.2) is 48.7 Å². The minimum absolute atomic E-state index is 0.450. The maximum Gasteiger partial charge on any atom is 0.148 e. The molecule has 3 heteroatoms. The zero-order chi connectivity index (χ0) is 11.9. The summed E-state index contributed by atoms with van der Waals surface area (Å²) in [6.07, 6.45) is 2.26. The number of rotatable bonds is 1. The lowest BCUT2D eigenvalue weighted by atomic mass is 10.1. The summed E-state index contributed by atoms with van der Waals surface area (Å²) in [6.45, 7) is 1.15. The molecule has 1 N–H and O–H groups in total. The predicted octanol–water partition coefficient (Wildman–Crippen LogP) is 3.07. The first kappa shape index (κ1) is 10.3. The predicted molar refractivity (Wildman–Crippen MR) is 78.0 cm³/mol. The molecule has 0 saturated carbocycles. The highest BCUT2D eigenvalue weighted by atomic mass is 32.2. The van der Waals surface area contributed by atoms with Gasteiger partial charge in [-0.05, 0) is 22.4 Å². The lowest BCUT2D eigenvalue weighted by molar-refractivity contribution is 0.406. The molecule has 0 amide bonds. The van der Waals surface area contributed by atoms with Crippen LogP contribution in [-0.4, -0.2) is 22.7 Å². The summed E-state index contributed by atoms with van der Waals surface area (Å²) in [5.41, 5.74) is 2.98. The van der Waals surface area contributed by atoms with Crippen LogP contribution in [0.25, 0.3) is 16.5 Å². The summed E-state index contributed by atoms with van der Waals surface area (Å²) in [4.78, 5) is 2.38. The Balaban J connectivity index is 1.75. The van der Waals surface area contributed by atoms with E-state index in [4.69, 9.17) is 0 Å². The Morgan fingerprint density at radius 3 is 2.89 bits per heavy atom. The van der Waals surface area contributed by atoms with Crippen LogP contribution in [0.5, 0.6) is 0 Å². The molecule has 18 heavy (non-hydrogen) atoms. The van der Waals surface area contributed by atoms with Crippen LogP contribution in [0, 0.1) is 0 Å². The van der Waals surface area contributed by atoms with Crippen LogP contribution < -0.4 is 5.32 Å². The Hall–Kier alpha value is -1.61. The molecule has 1 unspecified atom stereocenters. The zero-order valence-corrected chi connectivity index (χ0v) is 10.8. The Morgan fingerprint density at radius 2 is 2.00 bits per heavy atom. The van der Waals surface area contributed by atoms with Gasteiger partial charge in [-0.15, -0.1) is 11.8 Å². The maximum absolute atomic E-state index is 3.58. The van der Waals surface area contributed by atoms with Crippen molar-refractivity contribution in [1.29, 1.82) is 0 Å². The molecule has 2 aliphatic heterocycles. The van der Waals surface area contributed by atoms with Crippen LogP contribution in [0.3, 0.4) is 0 Å². The molecule has 2 aliphatic rings. The number of hydrogen-bond acceptors (Lipinski definition) is 3. The van der Waals surface area contributed by atoms with Crippen LogP contribution in [0.2, 0.25) is 0 Å². The normalized spacial score (nSPS) is 21.9. The fourth-order valence-electron chi connectivity index (χ4n) is 2.59. The fourth-order valence-corrected chi connectivity index (χ4v) is 3.70. The van der Waals surface area contributed by atoms with Gasteiger partial charge < -0.3 is 10.2 Å². The van der Waals surface area contributed by atoms with Crippen molar-refractivity contribution < 1.29 is 0 Å².